The van der Waals surface area contributed by atoms with E-state index in [1.165, 1.54) is 5.56 Å². The zero-order valence-corrected chi connectivity index (χ0v) is 23.2. The van der Waals surface area contributed by atoms with Gasteiger partial charge in [0.25, 0.3) is 0 Å². The van der Waals surface area contributed by atoms with Crippen molar-refractivity contribution in [3.8, 4) is 11.8 Å². The van der Waals surface area contributed by atoms with E-state index in [1.807, 2.05) is 41.2 Å². The fourth-order valence-corrected chi connectivity index (χ4v) is 6.24. The molecule has 0 spiro atoms. The molecule has 0 saturated carbocycles. The molecule has 0 bridgehead atoms. The molecule has 1 amide bonds. The highest BCUT2D eigenvalue weighted by Gasteiger charge is 2.28. The molecule has 2 aliphatic rings. The molecule has 0 radical (unpaired) electrons. The number of likely N-dealkylation sites (tertiary alicyclic amines) is 1. The molecular weight excluding hydrogens is 534 g/mol. The molecule has 7 rings (SSSR count). The molecule has 2 atom stereocenters. The Labute approximate surface area is 241 Å². The van der Waals surface area contributed by atoms with Gasteiger partial charge in [-0.2, -0.15) is 5.10 Å². The standard InChI is InChI=1S/C31H29N7O2S/c39-31(37-12-4-5-13-37)40-25-15-23(32-18-25)8-10-26-16-27-29(33-20-34-30(27)41-26)36-24-9-11-28-22(14-24)17-35-38(28)19-21-6-2-1-3-7-21/h1-3,6-7,9,11,14,16-17,20,23,25,32H,4-5,12-13,15,18-19H2,(H,33,34,36)/t23-,25+/m1/s1. The predicted octanol–water partition coefficient (Wildman–Crippen LogP) is 5.15. The number of carbonyl (C=O) groups excluding carboxylic acids is 1. The van der Waals surface area contributed by atoms with Crippen LogP contribution >= 0.6 is 11.3 Å². The van der Waals surface area contributed by atoms with Crippen LogP contribution in [-0.4, -0.2) is 62.5 Å². The summed E-state index contributed by atoms with van der Waals surface area (Å²) in [7, 11) is 0. The van der Waals surface area contributed by atoms with Crippen molar-refractivity contribution >= 4 is 50.1 Å². The molecule has 10 heteroatoms. The van der Waals surface area contributed by atoms with Crippen LogP contribution in [-0.2, 0) is 11.3 Å². The van der Waals surface area contributed by atoms with Crippen molar-refractivity contribution in [1.82, 2.24) is 30.0 Å². The first-order valence-electron chi connectivity index (χ1n) is 13.9. The van der Waals surface area contributed by atoms with Gasteiger partial charge in [0.1, 0.15) is 23.1 Å². The number of nitrogens with zero attached hydrogens (tertiary/aromatic N) is 5. The minimum atomic E-state index is -0.203. The molecule has 5 aromatic rings. The van der Waals surface area contributed by atoms with Crippen LogP contribution in [0.5, 0.6) is 0 Å². The number of aromatic nitrogens is 4. The molecular formula is C31H29N7O2S. The second-order valence-electron chi connectivity index (χ2n) is 10.4. The van der Waals surface area contributed by atoms with E-state index < -0.39 is 0 Å². The Morgan fingerprint density at radius 1 is 1.12 bits per heavy atom. The number of anilines is 2. The lowest BCUT2D eigenvalue weighted by atomic mass is 10.2. The zero-order valence-electron chi connectivity index (χ0n) is 22.4. The number of hydrogen-bond acceptors (Lipinski definition) is 8. The van der Waals surface area contributed by atoms with E-state index in [4.69, 9.17) is 4.74 Å². The summed E-state index contributed by atoms with van der Waals surface area (Å²) in [6.07, 6.45) is 5.92. The van der Waals surface area contributed by atoms with Gasteiger partial charge >= 0.3 is 6.09 Å². The van der Waals surface area contributed by atoms with Crippen LogP contribution in [0.15, 0.2) is 67.1 Å². The third-order valence-electron chi connectivity index (χ3n) is 7.50. The average molecular weight is 564 g/mol. The highest BCUT2D eigenvalue weighted by Crippen LogP contribution is 2.30. The maximum Gasteiger partial charge on any atom is 0.410 e. The van der Waals surface area contributed by atoms with Crippen molar-refractivity contribution in [2.24, 2.45) is 0 Å². The van der Waals surface area contributed by atoms with Gasteiger partial charge in [0.2, 0.25) is 0 Å². The number of hydrogen-bond donors (Lipinski definition) is 2. The summed E-state index contributed by atoms with van der Waals surface area (Å²) in [6.45, 7) is 2.94. The molecule has 2 N–H and O–H groups in total. The molecule has 0 unspecified atom stereocenters. The first-order valence-corrected chi connectivity index (χ1v) is 14.7. The molecule has 2 aromatic carbocycles. The van der Waals surface area contributed by atoms with E-state index in [1.54, 1.807) is 22.6 Å². The molecule has 2 aliphatic heterocycles. The normalized spacial score (nSPS) is 18.5. The van der Waals surface area contributed by atoms with Gasteiger partial charge in [-0.25, -0.2) is 14.8 Å². The third kappa shape index (κ3) is 5.59. The van der Waals surface area contributed by atoms with Crippen molar-refractivity contribution < 1.29 is 9.53 Å². The lowest BCUT2D eigenvalue weighted by Gasteiger charge is -2.18. The Bertz CT molecular complexity index is 1770. The lowest BCUT2D eigenvalue weighted by Crippen LogP contribution is -2.32. The molecule has 2 saturated heterocycles. The number of carbonyl (C=O) groups is 1. The molecule has 5 heterocycles. The Kier molecular flexibility index (Phi) is 6.96. The predicted molar refractivity (Wildman–Crippen MR) is 160 cm³/mol. The first-order chi connectivity index (χ1) is 20.2. The highest BCUT2D eigenvalue weighted by atomic mass is 32.1. The van der Waals surface area contributed by atoms with Crippen LogP contribution in [0.3, 0.4) is 0 Å². The van der Waals surface area contributed by atoms with Crippen LogP contribution in [0.2, 0.25) is 0 Å². The Hall–Kier alpha value is -4.46. The summed E-state index contributed by atoms with van der Waals surface area (Å²) in [4.78, 5) is 24.9. The summed E-state index contributed by atoms with van der Waals surface area (Å²) in [5.41, 5.74) is 3.22. The fraction of sp³-hybridized carbons (Fsp3) is 0.290. The second-order valence-corrected chi connectivity index (χ2v) is 11.4. The van der Waals surface area contributed by atoms with Gasteiger partial charge in [0.05, 0.1) is 34.6 Å². The summed E-state index contributed by atoms with van der Waals surface area (Å²) in [5.74, 6) is 7.34. The number of ether oxygens (including phenoxy) is 1. The van der Waals surface area contributed by atoms with Gasteiger partial charge in [0.15, 0.2) is 0 Å². The maximum absolute atomic E-state index is 12.3. The molecule has 2 fully saturated rings. The van der Waals surface area contributed by atoms with E-state index in [2.05, 4.69) is 61.8 Å². The van der Waals surface area contributed by atoms with Gasteiger partial charge in [0, 0.05) is 37.1 Å². The Balaban J connectivity index is 1.03. The van der Waals surface area contributed by atoms with Crippen molar-refractivity contribution in [3.63, 3.8) is 0 Å². The molecule has 41 heavy (non-hydrogen) atoms. The summed E-state index contributed by atoms with van der Waals surface area (Å²) < 4.78 is 7.69. The van der Waals surface area contributed by atoms with E-state index in [0.29, 0.717) is 13.0 Å². The number of benzene rings is 2. The molecule has 206 valence electrons. The Morgan fingerprint density at radius 2 is 2.00 bits per heavy atom. The van der Waals surface area contributed by atoms with E-state index >= 15 is 0 Å². The van der Waals surface area contributed by atoms with Crippen molar-refractivity contribution in [3.05, 3.63) is 77.6 Å². The second kappa shape index (κ2) is 11.2. The summed E-state index contributed by atoms with van der Waals surface area (Å²) in [6, 6.07) is 18.6. The van der Waals surface area contributed by atoms with Crippen LogP contribution in [0, 0.1) is 11.8 Å². The van der Waals surface area contributed by atoms with Gasteiger partial charge in [-0.1, -0.05) is 42.2 Å². The number of fused-ring (bicyclic) bond motifs is 2. The van der Waals surface area contributed by atoms with Gasteiger partial charge in [-0.15, -0.1) is 11.3 Å². The molecule has 9 nitrogen and oxygen atoms in total. The smallest absolute Gasteiger partial charge is 0.410 e. The zero-order chi connectivity index (χ0) is 27.6. The largest absolute Gasteiger partial charge is 0.445 e. The number of amides is 1. The number of rotatable bonds is 5. The van der Waals surface area contributed by atoms with E-state index in [9.17, 15) is 4.79 Å². The molecule has 0 aliphatic carbocycles. The molecule has 3 aromatic heterocycles. The summed E-state index contributed by atoms with van der Waals surface area (Å²) >= 11 is 1.54. The Morgan fingerprint density at radius 3 is 2.88 bits per heavy atom. The topological polar surface area (TPSA) is 97.2 Å². The maximum atomic E-state index is 12.3. The number of thiophene rings is 1. The first kappa shape index (κ1) is 25.5. The average Bonchev–Trinajstić information content (AvgIpc) is 3.80. The highest BCUT2D eigenvalue weighted by molar-refractivity contribution is 7.19. The summed E-state index contributed by atoms with van der Waals surface area (Å²) in [5, 5.41) is 13.4. The van der Waals surface area contributed by atoms with Gasteiger partial charge < -0.3 is 15.0 Å². The minimum Gasteiger partial charge on any atom is -0.445 e. The quantitative estimate of drug-likeness (QED) is 0.286. The van der Waals surface area contributed by atoms with Crippen molar-refractivity contribution in [1.29, 1.82) is 0 Å². The van der Waals surface area contributed by atoms with Crippen molar-refractivity contribution in [2.45, 2.75) is 38.0 Å². The van der Waals surface area contributed by atoms with Gasteiger partial charge in [-0.05, 0) is 42.7 Å². The fourth-order valence-electron chi connectivity index (χ4n) is 5.38. The number of nitrogens with one attached hydrogen (secondary N) is 2. The van der Waals surface area contributed by atoms with E-state index in [-0.39, 0.29) is 18.2 Å². The van der Waals surface area contributed by atoms with Crippen molar-refractivity contribution in [2.75, 3.05) is 25.0 Å². The van der Waals surface area contributed by atoms with Gasteiger partial charge in [-0.3, -0.25) is 10.00 Å². The third-order valence-corrected chi connectivity index (χ3v) is 8.46. The van der Waals surface area contributed by atoms with Crippen LogP contribution in [0.4, 0.5) is 16.3 Å². The SMILES string of the molecule is O=C(O[C@@H]1CN[C@H](C#Cc2cc3c(Nc4ccc5c(cnn5Cc5ccccc5)c4)ncnc3s2)C1)N1CCCC1. The minimum absolute atomic E-state index is 0.0187. The van der Waals surface area contributed by atoms with E-state index in [0.717, 1.165) is 70.0 Å². The lowest BCUT2D eigenvalue weighted by molar-refractivity contribution is 0.0763. The van der Waals surface area contributed by atoms with Crippen LogP contribution in [0.25, 0.3) is 21.1 Å². The van der Waals surface area contributed by atoms with Crippen LogP contribution in [0.1, 0.15) is 29.7 Å². The monoisotopic (exact) mass is 563 g/mol. The van der Waals surface area contributed by atoms with Crippen LogP contribution < -0.4 is 10.6 Å².